The Morgan fingerprint density at radius 2 is 2.22 bits per heavy atom. The zero-order valence-corrected chi connectivity index (χ0v) is 11.0. The predicted molar refractivity (Wildman–Crippen MR) is 67.8 cm³/mol. The molecule has 0 saturated heterocycles. The Bertz CT molecular complexity index is 479. The van der Waals surface area contributed by atoms with Gasteiger partial charge in [0.15, 0.2) is 5.78 Å². The number of fused-ring (bicyclic) bond motifs is 1. The number of carbonyl (C=O) groups is 2. The van der Waals surface area contributed by atoms with E-state index in [1.54, 1.807) is 13.0 Å². The number of ether oxygens (including phenoxy) is 1. The van der Waals surface area contributed by atoms with Crippen molar-refractivity contribution in [2.75, 3.05) is 24.6 Å². The van der Waals surface area contributed by atoms with Crippen molar-refractivity contribution in [3.8, 4) is 0 Å². The number of aromatic nitrogens is 1. The van der Waals surface area contributed by atoms with Gasteiger partial charge in [-0.15, -0.1) is 0 Å². The van der Waals surface area contributed by atoms with Crippen molar-refractivity contribution in [3.05, 3.63) is 17.8 Å². The molecule has 98 valence electrons. The molecule has 0 fully saturated rings. The number of hydrogen-bond acceptors (Lipinski definition) is 4. The van der Waals surface area contributed by atoms with Gasteiger partial charge in [-0.3, -0.25) is 9.59 Å². The molecule has 0 aromatic carbocycles. The van der Waals surface area contributed by atoms with Crippen LogP contribution in [0.15, 0.2) is 12.3 Å². The lowest BCUT2D eigenvalue weighted by Gasteiger charge is -2.32. The molecule has 0 aliphatic carbocycles. The van der Waals surface area contributed by atoms with Crippen LogP contribution in [0, 0.1) is 5.92 Å². The summed E-state index contributed by atoms with van der Waals surface area (Å²) in [7, 11) is 1.90. The largest absolute Gasteiger partial charge is 0.465 e. The summed E-state index contributed by atoms with van der Waals surface area (Å²) in [5, 5.41) is 0. The van der Waals surface area contributed by atoms with Crippen molar-refractivity contribution in [3.63, 3.8) is 0 Å². The highest BCUT2D eigenvalue weighted by molar-refractivity contribution is 6.13. The highest BCUT2D eigenvalue weighted by Crippen LogP contribution is 2.30. The normalized spacial score (nSPS) is 18.7. The number of hydrogen-bond donors (Lipinski definition) is 0. The van der Waals surface area contributed by atoms with Crippen molar-refractivity contribution in [1.82, 2.24) is 4.57 Å². The molecule has 0 bridgehead atoms. The number of anilines is 1. The Morgan fingerprint density at radius 1 is 1.50 bits per heavy atom. The molecule has 1 aliphatic rings. The van der Waals surface area contributed by atoms with E-state index in [0.717, 1.165) is 12.4 Å². The molecule has 1 aliphatic heterocycles. The third-order valence-corrected chi connectivity index (χ3v) is 3.28. The summed E-state index contributed by atoms with van der Waals surface area (Å²) >= 11 is 0. The average Bonchev–Trinajstić information content (AvgIpc) is 2.73. The van der Waals surface area contributed by atoms with Crippen LogP contribution >= 0.6 is 0 Å². The van der Waals surface area contributed by atoms with Crippen molar-refractivity contribution < 1.29 is 14.3 Å². The van der Waals surface area contributed by atoms with Crippen LogP contribution in [0.1, 0.15) is 24.2 Å². The van der Waals surface area contributed by atoms with E-state index in [0.29, 0.717) is 18.7 Å². The highest BCUT2D eigenvalue weighted by Gasteiger charge is 2.38. The van der Waals surface area contributed by atoms with E-state index in [1.807, 2.05) is 29.6 Å². The smallest absolute Gasteiger partial charge is 0.318 e. The molecule has 1 aromatic rings. The molecule has 0 N–H and O–H groups in total. The van der Waals surface area contributed by atoms with Gasteiger partial charge in [-0.25, -0.2) is 0 Å². The fraction of sp³-hybridized carbons (Fsp3) is 0.538. The van der Waals surface area contributed by atoms with Gasteiger partial charge in [-0.1, -0.05) is 0 Å². The number of aryl methyl sites for hydroxylation is 1. The average molecular weight is 250 g/mol. The van der Waals surface area contributed by atoms with Crippen LogP contribution in [0.2, 0.25) is 0 Å². The molecular formula is C13H18N2O3. The molecule has 0 saturated carbocycles. The fourth-order valence-electron chi connectivity index (χ4n) is 2.39. The van der Waals surface area contributed by atoms with Crippen LogP contribution in [-0.2, 0) is 16.6 Å². The van der Waals surface area contributed by atoms with E-state index in [1.165, 1.54) is 0 Å². The molecule has 1 atom stereocenters. The monoisotopic (exact) mass is 250 g/mol. The molecular weight excluding hydrogens is 232 g/mol. The first-order valence-corrected chi connectivity index (χ1v) is 6.21. The first-order chi connectivity index (χ1) is 8.60. The third-order valence-electron chi connectivity index (χ3n) is 3.28. The highest BCUT2D eigenvalue weighted by atomic mass is 16.5. The molecule has 0 spiro atoms. The quantitative estimate of drug-likeness (QED) is 0.598. The van der Waals surface area contributed by atoms with Crippen molar-refractivity contribution in [2.45, 2.75) is 13.8 Å². The summed E-state index contributed by atoms with van der Waals surface area (Å²) < 4.78 is 6.89. The zero-order chi connectivity index (χ0) is 13.3. The topological polar surface area (TPSA) is 51.5 Å². The summed E-state index contributed by atoms with van der Waals surface area (Å²) in [6.45, 7) is 5.22. The molecule has 1 unspecified atom stereocenters. The molecule has 18 heavy (non-hydrogen) atoms. The van der Waals surface area contributed by atoms with Gasteiger partial charge in [-0.05, 0) is 19.9 Å². The molecule has 1 aromatic heterocycles. The summed E-state index contributed by atoms with van der Waals surface area (Å²) in [6.07, 6.45) is 1.85. The number of nitrogens with zero attached hydrogens (tertiary/aromatic N) is 2. The number of esters is 1. The number of ketones is 1. The van der Waals surface area contributed by atoms with Crippen LogP contribution in [0.4, 0.5) is 5.82 Å². The Labute approximate surface area is 106 Å². The van der Waals surface area contributed by atoms with Crippen LogP contribution in [-0.4, -0.2) is 36.0 Å². The molecule has 0 amide bonds. The minimum Gasteiger partial charge on any atom is -0.465 e. The predicted octanol–water partition coefficient (Wildman–Crippen LogP) is 1.23. The minimum absolute atomic E-state index is 0.131. The molecule has 5 heteroatoms. The first kappa shape index (κ1) is 12.7. The van der Waals surface area contributed by atoms with Crippen LogP contribution in [0.5, 0.6) is 0 Å². The lowest BCUT2D eigenvalue weighted by atomic mass is 9.94. The van der Waals surface area contributed by atoms with E-state index in [2.05, 4.69) is 0 Å². The van der Waals surface area contributed by atoms with Gasteiger partial charge in [-0.2, -0.15) is 0 Å². The van der Waals surface area contributed by atoms with E-state index in [-0.39, 0.29) is 5.78 Å². The molecule has 2 heterocycles. The Morgan fingerprint density at radius 3 is 2.83 bits per heavy atom. The van der Waals surface area contributed by atoms with Crippen LogP contribution < -0.4 is 4.90 Å². The minimum atomic E-state index is -0.695. The van der Waals surface area contributed by atoms with E-state index < -0.39 is 11.9 Å². The Kier molecular flexibility index (Phi) is 3.41. The van der Waals surface area contributed by atoms with E-state index >= 15 is 0 Å². The second-order valence-electron chi connectivity index (χ2n) is 4.37. The SMILES string of the molecule is CCOC(=O)C1CN(CC)c2c(ccn2C)C1=O. The summed E-state index contributed by atoms with van der Waals surface area (Å²) in [4.78, 5) is 26.1. The maximum absolute atomic E-state index is 12.3. The van der Waals surface area contributed by atoms with Gasteiger partial charge in [0.25, 0.3) is 0 Å². The summed E-state index contributed by atoms with van der Waals surface area (Å²) in [5.41, 5.74) is 0.614. The number of rotatable bonds is 3. The molecule has 0 radical (unpaired) electrons. The van der Waals surface area contributed by atoms with E-state index in [4.69, 9.17) is 4.74 Å². The maximum atomic E-state index is 12.3. The lowest BCUT2D eigenvalue weighted by Crippen LogP contribution is -2.43. The van der Waals surface area contributed by atoms with Crippen LogP contribution in [0.25, 0.3) is 0 Å². The fourth-order valence-corrected chi connectivity index (χ4v) is 2.39. The van der Waals surface area contributed by atoms with Crippen molar-refractivity contribution >= 4 is 17.6 Å². The number of Topliss-reactive ketones (excluding diaryl/α,β-unsaturated/α-hetero) is 1. The van der Waals surface area contributed by atoms with Gasteiger partial charge in [0.05, 0.1) is 12.2 Å². The lowest BCUT2D eigenvalue weighted by molar-refractivity contribution is -0.145. The van der Waals surface area contributed by atoms with Gasteiger partial charge in [0, 0.05) is 26.3 Å². The van der Waals surface area contributed by atoms with Gasteiger partial charge >= 0.3 is 5.97 Å². The summed E-state index contributed by atoms with van der Waals surface area (Å²) in [5.74, 6) is -0.355. The second-order valence-corrected chi connectivity index (χ2v) is 4.37. The Balaban J connectivity index is 2.36. The standard InChI is InChI=1S/C13H18N2O3/c1-4-15-8-10(13(17)18-5-2)11(16)9-6-7-14(3)12(9)15/h6-7,10H,4-5,8H2,1-3H3. The number of carbonyl (C=O) groups excluding carboxylic acids is 2. The first-order valence-electron chi connectivity index (χ1n) is 6.21. The van der Waals surface area contributed by atoms with Gasteiger partial charge in [0.2, 0.25) is 0 Å². The summed E-state index contributed by atoms with van der Waals surface area (Å²) in [6, 6.07) is 1.77. The van der Waals surface area contributed by atoms with Crippen molar-refractivity contribution in [2.24, 2.45) is 13.0 Å². The Hall–Kier alpha value is -1.78. The van der Waals surface area contributed by atoms with Crippen molar-refractivity contribution in [1.29, 1.82) is 0 Å². The maximum Gasteiger partial charge on any atom is 0.318 e. The molecule has 2 rings (SSSR count). The zero-order valence-electron chi connectivity index (χ0n) is 11.0. The van der Waals surface area contributed by atoms with Gasteiger partial charge < -0.3 is 14.2 Å². The molecule has 5 nitrogen and oxygen atoms in total. The van der Waals surface area contributed by atoms with Crippen LogP contribution in [0.3, 0.4) is 0 Å². The van der Waals surface area contributed by atoms with Gasteiger partial charge in [0.1, 0.15) is 11.7 Å². The van der Waals surface area contributed by atoms with E-state index in [9.17, 15) is 9.59 Å². The third kappa shape index (κ3) is 1.89. The second kappa shape index (κ2) is 4.84.